The third-order valence-electron chi connectivity index (χ3n) is 5.32. The number of rotatable bonds is 6. The van der Waals surface area contributed by atoms with Crippen molar-refractivity contribution in [1.29, 1.82) is 0 Å². The number of esters is 1. The van der Waals surface area contributed by atoms with Gasteiger partial charge in [-0.2, -0.15) is 0 Å². The van der Waals surface area contributed by atoms with E-state index in [1.807, 2.05) is 91.0 Å². The smallest absolute Gasteiger partial charge is 0.363 e. The van der Waals surface area contributed by atoms with E-state index in [2.05, 4.69) is 33.1 Å². The third kappa shape index (κ3) is 5.16. The number of carbonyl (C=O) groups excluding carboxylic acids is 1. The van der Waals surface area contributed by atoms with Crippen molar-refractivity contribution in [2.45, 2.75) is 6.61 Å². The molecule has 4 nitrogen and oxygen atoms in total. The standard InChI is InChI=1S/C29H20BrNO3/c30-25-10-4-7-21(16-25)19-33-26-11-5-6-20(17-26)18-27-29(32)34-28(31-27)24-14-12-23(13-15-24)22-8-2-1-3-9-22/h1-18H,19H2/b27-18-. The molecule has 0 saturated carbocycles. The predicted molar refractivity (Wildman–Crippen MR) is 137 cm³/mol. The lowest BCUT2D eigenvalue weighted by Crippen LogP contribution is -2.05. The Morgan fingerprint density at radius 1 is 0.794 bits per heavy atom. The summed E-state index contributed by atoms with van der Waals surface area (Å²) in [5.74, 6) is 0.543. The van der Waals surface area contributed by atoms with Crippen molar-refractivity contribution in [3.8, 4) is 16.9 Å². The zero-order chi connectivity index (χ0) is 23.3. The Kier molecular flexibility index (Phi) is 6.36. The second-order valence-corrected chi connectivity index (χ2v) is 8.69. The predicted octanol–water partition coefficient (Wildman–Crippen LogP) is 7.04. The van der Waals surface area contributed by atoms with E-state index in [1.54, 1.807) is 6.08 Å². The molecule has 0 spiro atoms. The van der Waals surface area contributed by atoms with Crippen LogP contribution in [0.4, 0.5) is 0 Å². The first-order valence-electron chi connectivity index (χ1n) is 10.8. The fraction of sp³-hybridized carbons (Fsp3) is 0.0345. The zero-order valence-corrected chi connectivity index (χ0v) is 19.7. The number of nitrogens with zero attached hydrogens (tertiary/aromatic N) is 1. The lowest BCUT2D eigenvalue weighted by atomic mass is 10.0. The molecule has 1 aliphatic rings. The molecule has 5 rings (SSSR count). The van der Waals surface area contributed by atoms with Gasteiger partial charge in [0, 0.05) is 10.0 Å². The summed E-state index contributed by atoms with van der Waals surface area (Å²) in [6.45, 7) is 0.447. The van der Waals surface area contributed by atoms with Crippen molar-refractivity contribution in [2.75, 3.05) is 0 Å². The molecule has 0 radical (unpaired) electrons. The number of ether oxygens (including phenoxy) is 2. The van der Waals surface area contributed by atoms with Gasteiger partial charge in [-0.3, -0.25) is 0 Å². The van der Waals surface area contributed by atoms with Gasteiger partial charge in [0.2, 0.25) is 5.90 Å². The summed E-state index contributed by atoms with van der Waals surface area (Å²) >= 11 is 3.47. The second-order valence-electron chi connectivity index (χ2n) is 7.77. The van der Waals surface area contributed by atoms with Crippen molar-refractivity contribution < 1.29 is 14.3 Å². The van der Waals surface area contributed by atoms with Crippen molar-refractivity contribution in [1.82, 2.24) is 0 Å². The monoisotopic (exact) mass is 509 g/mol. The topological polar surface area (TPSA) is 47.9 Å². The summed E-state index contributed by atoms with van der Waals surface area (Å²) in [6, 6.07) is 33.4. The van der Waals surface area contributed by atoms with Crippen LogP contribution in [0.5, 0.6) is 5.75 Å². The molecule has 0 N–H and O–H groups in total. The Morgan fingerprint density at radius 3 is 2.32 bits per heavy atom. The van der Waals surface area contributed by atoms with Crippen molar-refractivity contribution >= 4 is 33.9 Å². The molecule has 34 heavy (non-hydrogen) atoms. The molecule has 0 atom stereocenters. The number of hydrogen-bond donors (Lipinski definition) is 0. The Labute approximate surface area is 206 Å². The van der Waals surface area contributed by atoms with Crippen LogP contribution in [-0.4, -0.2) is 11.9 Å². The summed E-state index contributed by atoms with van der Waals surface area (Å²) < 4.78 is 12.4. The highest BCUT2D eigenvalue weighted by molar-refractivity contribution is 9.10. The van der Waals surface area contributed by atoms with Gasteiger partial charge in [-0.05, 0) is 64.7 Å². The molecular formula is C29H20BrNO3. The molecule has 1 heterocycles. The Morgan fingerprint density at radius 2 is 1.53 bits per heavy atom. The molecule has 166 valence electrons. The molecule has 4 aromatic rings. The maximum atomic E-state index is 12.4. The molecule has 0 unspecified atom stereocenters. The van der Waals surface area contributed by atoms with Crippen LogP contribution in [0.25, 0.3) is 17.2 Å². The van der Waals surface area contributed by atoms with E-state index in [0.29, 0.717) is 18.3 Å². The van der Waals surface area contributed by atoms with Crippen molar-refractivity contribution in [3.05, 3.63) is 130 Å². The Hall–Kier alpha value is -3.96. The van der Waals surface area contributed by atoms with Crippen LogP contribution in [-0.2, 0) is 16.1 Å². The van der Waals surface area contributed by atoms with Gasteiger partial charge in [-0.25, -0.2) is 9.79 Å². The lowest BCUT2D eigenvalue weighted by Gasteiger charge is -2.07. The fourth-order valence-corrected chi connectivity index (χ4v) is 4.06. The van der Waals surface area contributed by atoms with E-state index in [0.717, 1.165) is 32.3 Å². The fourth-order valence-electron chi connectivity index (χ4n) is 3.61. The van der Waals surface area contributed by atoms with Gasteiger partial charge in [0.1, 0.15) is 12.4 Å². The summed E-state index contributed by atoms with van der Waals surface area (Å²) in [7, 11) is 0. The molecule has 0 amide bonds. The van der Waals surface area contributed by atoms with Crippen LogP contribution in [0.15, 0.2) is 118 Å². The summed E-state index contributed by atoms with van der Waals surface area (Å²) in [4.78, 5) is 16.9. The third-order valence-corrected chi connectivity index (χ3v) is 5.81. The highest BCUT2D eigenvalue weighted by Gasteiger charge is 2.24. The van der Waals surface area contributed by atoms with Crippen LogP contribution in [0.1, 0.15) is 16.7 Å². The summed E-state index contributed by atoms with van der Waals surface area (Å²) in [6.07, 6.45) is 1.71. The largest absolute Gasteiger partial charge is 0.489 e. The van der Waals surface area contributed by atoms with Gasteiger partial charge in [0.25, 0.3) is 0 Å². The van der Waals surface area contributed by atoms with E-state index in [1.165, 1.54) is 0 Å². The van der Waals surface area contributed by atoms with Crippen LogP contribution >= 0.6 is 15.9 Å². The van der Waals surface area contributed by atoms with Crippen LogP contribution in [0, 0.1) is 0 Å². The van der Waals surface area contributed by atoms with E-state index in [9.17, 15) is 4.79 Å². The summed E-state index contributed by atoms with van der Waals surface area (Å²) in [5, 5.41) is 0. The zero-order valence-electron chi connectivity index (χ0n) is 18.1. The number of cyclic esters (lactones) is 1. The quantitative estimate of drug-likeness (QED) is 0.207. The first-order chi connectivity index (χ1) is 16.6. The molecule has 1 aliphatic heterocycles. The normalized spacial score (nSPS) is 14.1. The Balaban J connectivity index is 1.31. The van der Waals surface area contributed by atoms with Crippen LogP contribution in [0.2, 0.25) is 0 Å². The minimum Gasteiger partial charge on any atom is -0.489 e. The van der Waals surface area contributed by atoms with Crippen molar-refractivity contribution in [2.24, 2.45) is 4.99 Å². The van der Waals surface area contributed by atoms with Gasteiger partial charge in [0.05, 0.1) is 0 Å². The highest BCUT2D eigenvalue weighted by atomic mass is 79.9. The number of aliphatic imine (C=N–C) groups is 1. The second kappa shape index (κ2) is 9.89. The molecule has 0 aromatic heterocycles. The first-order valence-corrected chi connectivity index (χ1v) is 11.6. The Bertz CT molecular complexity index is 1390. The van der Waals surface area contributed by atoms with Gasteiger partial charge in [0.15, 0.2) is 5.70 Å². The SMILES string of the molecule is O=C1OC(c2ccc(-c3ccccc3)cc2)=N/C1=C\c1cccc(OCc2cccc(Br)c2)c1. The van der Waals surface area contributed by atoms with Crippen LogP contribution in [0.3, 0.4) is 0 Å². The van der Waals surface area contributed by atoms with E-state index in [4.69, 9.17) is 9.47 Å². The number of hydrogen-bond acceptors (Lipinski definition) is 4. The number of benzene rings is 4. The molecule has 5 heteroatoms. The molecule has 0 bridgehead atoms. The first kappa shape index (κ1) is 21.9. The van der Waals surface area contributed by atoms with Gasteiger partial charge in [-0.1, -0.05) is 82.7 Å². The number of halogens is 1. The molecular weight excluding hydrogens is 490 g/mol. The molecule has 0 saturated heterocycles. The summed E-state index contributed by atoms with van der Waals surface area (Å²) in [5.41, 5.74) is 5.09. The average Bonchev–Trinajstić information content (AvgIpc) is 3.23. The molecule has 0 fully saturated rings. The van der Waals surface area contributed by atoms with Crippen LogP contribution < -0.4 is 4.74 Å². The van der Waals surface area contributed by atoms with Gasteiger partial charge >= 0.3 is 5.97 Å². The van der Waals surface area contributed by atoms with E-state index in [-0.39, 0.29) is 5.70 Å². The minimum atomic E-state index is -0.470. The van der Waals surface area contributed by atoms with Crippen molar-refractivity contribution in [3.63, 3.8) is 0 Å². The van der Waals surface area contributed by atoms with Gasteiger partial charge in [-0.15, -0.1) is 0 Å². The van der Waals surface area contributed by atoms with E-state index >= 15 is 0 Å². The lowest BCUT2D eigenvalue weighted by molar-refractivity contribution is -0.129. The maximum Gasteiger partial charge on any atom is 0.363 e. The highest BCUT2D eigenvalue weighted by Crippen LogP contribution is 2.24. The average molecular weight is 510 g/mol. The van der Waals surface area contributed by atoms with E-state index < -0.39 is 5.97 Å². The maximum absolute atomic E-state index is 12.4. The molecule has 0 aliphatic carbocycles. The minimum absolute atomic E-state index is 0.256. The van der Waals surface area contributed by atoms with Gasteiger partial charge < -0.3 is 9.47 Å². The molecule has 4 aromatic carbocycles. The number of carbonyl (C=O) groups is 1.